The second-order valence-corrected chi connectivity index (χ2v) is 5.88. The van der Waals surface area contributed by atoms with E-state index in [4.69, 9.17) is 4.74 Å². The Balaban J connectivity index is 1.79. The summed E-state index contributed by atoms with van der Waals surface area (Å²) in [5.74, 6) is 2.98. The van der Waals surface area contributed by atoms with Crippen LogP contribution in [0.3, 0.4) is 0 Å². The van der Waals surface area contributed by atoms with Crippen molar-refractivity contribution >= 4 is 0 Å². The van der Waals surface area contributed by atoms with E-state index < -0.39 is 0 Å². The van der Waals surface area contributed by atoms with Crippen LogP contribution in [0.4, 0.5) is 0 Å². The Kier molecular flexibility index (Phi) is 3.08. The Morgan fingerprint density at radius 1 is 1.40 bits per heavy atom. The van der Waals surface area contributed by atoms with Crippen LogP contribution in [0, 0.1) is 23.2 Å². The Hall–Kier alpha value is -0.460. The fourth-order valence-corrected chi connectivity index (χ4v) is 4.05. The molecule has 2 aliphatic carbocycles. The minimum absolute atomic E-state index is 0.629. The molecule has 0 aromatic rings. The van der Waals surface area contributed by atoms with Gasteiger partial charge < -0.3 is 4.74 Å². The summed E-state index contributed by atoms with van der Waals surface area (Å²) in [4.78, 5) is 0. The molecule has 2 bridgehead atoms. The highest BCUT2D eigenvalue weighted by Crippen LogP contribution is 2.61. The van der Waals surface area contributed by atoms with Gasteiger partial charge in [-0.15, -0.1) is 0 Å². The minimum Gasteiger partial charge on any atom is -0.502 e. The summed E-state index contributed by atoms with van der Waals surface area (Å²) in [7, 11) is 0. The predicted octanol–water partition coefficient (Wildman–Crippen LogP) is 4.00. The zero-order valence-corrected chi connectivity index (χ0v) is 10.2. The maximum atomic E-state index is 5.19. The van der Waals surface area contributed by atoms with Crippen LogP contribution in [0.25, 0.3) is 0 Å². The molecule has 0 spiro atoms. The Bertz CT molecular complexity index is 231. The molecule has 3 unspecified atom stereocenters. The predicted molar refractivity (Wildman–Crippen MR) is 63.5 cm³/mol. The van der Waals surface area contributed by atoms with E-state index in [2.05, 4.69) is 20.4 Å². The topological polar surface area (TPSA) is 9.23 Å². The molecule has 3 atom stereocenters. The molecule has 15 heavy (non-hydrogen) atoms. The summed E-state index contributed by atoms with van der Waals surface area (Å²) in [6.45, 7) is 9.39. The Labute approximate surface area is 93.9 Å². The van der Waals surface area contributed by atoms with Crippen molar-refractivity contribution in [2.45, 2.75) is 46.0 Å². The SMILES string of the molecule is C=COCCCC1CC2CCC1C2(C)C. The number of rotatable bonds is 5. The van der Waals surface area contributed by atoms with Gasteiger partial charge >= 0.3 is 0 Å². The van der Waals surface area contributed by atoms with Crippen LogP contribution in [-0.4, -0.2) is 6.61 Å². The molecule has 0 radical (unpaired) electrons. The average molecular weight is 208 g/mol. The summed E-state index contributed by atoms with van der Waals surface area (Å²) in [6, 6.07) is 0. The highest BCUT2D eigenvalue weighted by atomic mass is 16.5. The molecule has 0 N–H and O–H groups in total. The maximum Gasteiger partial charge on any atom is 0.0873 e. The van der Waals surface area contributed by atoms with Gasteiger partial charge in [0.15, 0.2) is 0 Å². The first-order valence-electron chi connectivity index (χ1n) is 6.38. The van der Waals surface area contributed by atoms with Gasteiger partial charge in [-0.25, -0.2) is 0 Å². The zero-order valence-electron chi connectivity index (χ0n) is 10.2. The largest absolute Gasteiger partial charge is 0.502 e. The van der Waals surface area contributed by atoms with E-state index >= 15 is 0 Å². The van der Waals surface area contributed by atoms with Crippen molar-refractivity contribution in [3.63, 3.8) is 0 Å². The lowest BCUT2D eigenvalue weighted by Gasteiger charge is -2.26. The normalized spacial score (nSPS) is 36.8. The van der Waals surface area contributed by atoms with Crippen LogP contribution in [0.5, 0.6) is 0 Å². The van der Waals surface area contributed by atoms with Gasteiger partial charge in [0.05, 0.1) is 12.9 Å². The lowest BCUT2D eigenvalue weighted by atomic mass is 9.79. The third-order valence-corrected chi connectivity index (χ3v) is 4.95. The molecular weight excluding hydrogens is 184 g/mol. The van der Waals surface area contributed by atoms with Gasteiger partial charge in [-0.1, -0.05) is 20.4 Å². The standard InChI is InChI=1S/C14H24O/c1-4-15-9-5-6-11-10-12-7-8-13(11)14(12,2)3/h4,11-13H,1,5-10H2,2-3H3. The van der Waals surface area contributed by atoms with Crippen LogP contribution >= 0.6 is 0 Å². The van der Waals surface area contributed by atoms with Crippen LogP contribution in [0.15, 0.2) is 12.8 Å². The summed E-state index contributed by atoms with van der Waals surface area (Å²) in [6.07, 6.45) is 8.56. The van der Waals surface area contributed by atoms with Crippen molar-refractivity contribution < 1.29 is 4.74 Å². The lowest BCUT2D eigenvalue weighted by molar-refractivity contribution is 0.200. The fourth-order valence-electron chi connectivity index (χ4n) is 4.05. The number of hydrogen-bond acceptors (Lipinski definition) is 1. The molecule has 1 heteroatoms. The Morgan fingerprint density at radius 2 is 2.20 bits per heavy atom. The monoisotopic (exact) mass is 208 g/mol. The van der Waals surface area contributed by atoms with Gasteiger partial charge in [-0.2, -0.15) is 0 Å². The highest BCUT2D eigenvalue weighted by molar-refractivity contribution is 5.01. The van der Waals surface area contributed by atoms with Gasteiger partial charge in [0.2, 0.25) is 0 Å². The quantitative estimate of drug-likeness (QED) is 0.490. The van der Waals surface area contributed by atoms with Crippen molar-refractivity contribution in [1.29, 1.82) is 0 Å². The number of hydrogen-bond donors (Lipinski definition) is 0. The maximum absolute atomic E-state index is 5.19. The van der Waals surface area contributed by atoms with Crippen LogP contribution < -0.4 is 0 Å². The third kappa shape index (κ3) is 1.93. The fraction of sp³-hybridized carbons (Fsp3) is 0.857. The van der Waals surface area contributed by atoms with Gasteiger partial charge in [0.1, 0.15) is 0 Å². The molecule has 2 fully saturated rings. The van der Waals surface area contributed by atoms with Crippen LogP contribution in [-0.2, 0) is 4.74 Å². The van der Waals surface area contributed by atoms with Crippen molar-refractivity contribution in [2.24, 2.45) is 23.2 Å². The van der Waals surface area contributed by atoms with E-state index in [-0.39, 0.29) is 0 Å². The summed E-state index contributed by atoms with van der Waals surface area (Å²) < 4.78 is 5.19. The molecule has 2 rings (SSSR count). The average Bonchev–Trinajstić information content (AvgIpc) is 2.62. The molecule has 0 aromatic carbocycles. The summed E-state index contributed by atoms with van der Waals surface area (Å²) >= 11 is 0. The first-order valence-corrected chi connectivity index (χ1v) is 6.38. The van der Waals surface area contributed by atoms with Crippen molar-refractivity contribution in [2.75, 3.05) is 6.61 Å². The van der Waals surface area contributed by atoms with Gasteiger partial charge in [0.25, 0.3) is 0 Å². The van der Waals surface area contributed by atoms with E-state index in [1.54, 1.807) is 6.26 Å². The van der Waals surface area contributed by atoms with E-state index in [9.17, 15) is 0 Å². The molecule has 2 aliphatic rings. The summed E-state index contributed by atoms with van der Waals surface area (Å²) in [5.41, 5.74) is 0.629. The van der Waals surface area contributed by atoms with Crippen molar-refractivity contribution in [3.05, 3.63) is 12.8 Å². The second-order valence-electron chi connectivity index (χ2n) is 5.88. The van der Waals surface area contributed by atoms with Gasteiger partial charge in [-0.3, -0.25) is 0 Å². The van der Waals surface area contributed by atoms with E-state index in [0.717, 1.165) is 24.4 Å². The van der Waals surface area contributed by atoms with Crippen molar-refractivity contribution in [3.8, 4) is 0 Å². The summed E-state index contributed by atoms with van der Waals surface area (Å²) in [5, 5.41) is 0. The lowest BCUT2D eigenvalue weighted by Crippen LogP contribution is -2.19. The minimum atomic E-state index is 0.629. The van der Waals surface area contributed by atoms with E-state index in [1.165, 1.54) is 32.1 Å². The van der Waals surface area contributed by atoms with E-state index in [1.807, 2.05) is 0 Å². The van der Waals surface area contributed by atoms with Crippen LogP contribution in [0.2, 0.25) is 0 Å². The Morgan fingerprint density at radius 3 is 2.73 bits per heavy atom. The number of fused-ring (bicyclic) bond motifs is 2. The zero-order chi connectivity index (χ0) is 10.9. The highest BCUT2D eigenvalue weighted by Gasteiger charge is 2.52. The van der Waals surface area contributed by atoms with Gasteiger partial charge in [0, 0.05) is 0 Å². The molecule has 0 amide bonds. The molecule has 0 aliphatic heterocycles. The second kappa shape index (κ2) is 4.19. The first-order chi connectivity index (χ1) is 7.16. The third-order valence-electron chi connectivity index (χ3n) is 4.95. The molecule has 2 saturated carbocycles. The molecule has 86 valence electrons. The van der Waals surface area contributed by atoms with Gasteiger partial charge in [-0.05, 0) is 55.3 Å². The van der Waals surface area contributed by atoms with E-state index in [0.29, 0.717) is 5.41 Å². The molecule has 1 nitrogen and oxygen atoms in total. The molecular formula is C14H24O. The molecule has 0 heterocycles. The van der Waals surface area contributed by atoms with Crippen LogP contribution in [0.1, 0.15) is 46.0 Å². The molecule has 0 aromatic heterocycles. The number of ether oxygens (including phenoxy) is 1. The molecule has 0 saturated heterocycles. The van der Waals surface area contributed by atoms with Crippen molar-refractivity contribution in [1.82, 2.24) is 0 Å². The smallest absolute Gasteiger partial charge is 0.0873 e. The first kappa shape index (κ1) is 11.0.